The Kier molecular flexibility index (Phi) is 5.32. The quantitative estimate of drug-likeness (QED) is 0.896. The van der Waals surface area contributed by atoms with Crippen LogP contribution in [0, 0.1) is 0 Å². The third kappa shape index (κ3) is 4.64. The number of rotatable bonds is 3. The Morgan fingerprint density at radius 1 is 1.08 bits per heavy atom. The van der Waals surface area contributed by atoms with Gasteiger partial charge >= 0.3 is 0 Å². The van der Waals surface area contributed by atoms with Crippen molar-refractivity contribution in [3.05, 3.63) is 47.4 Å². The van der Waals surface area contributed by atoms with Crippen LogP contribution in [0.25, 0.3) is 0 Å². The van der Waals surface area contributed by atoms with E-state index < -0.39 is 0 Å². The third-order valence-electron chi connectivity index (χ3n) is 4.14. The second-order valence-corrected chi connectivity index (χ2v) is 7.85. The van der Waals surface area contributed by atoms with E-state index in [0.29, 0.717) is 5.69 Å². The van der Waals surface area contributed by atoms with Crippen molar-refractivity contribution in [3.63, 3.8) is 0 Å². The van der Waals surface area contributed by atoms with E-state index in [1.807, 2.05) is 39.0 Å². The van der Waals surface area contributed by atoms with E-state index in [0.717, 1.165) is 42.7 Å². The molecule has 0 saturated carbocycles. The molecule has 6 nitrogen and oxygen atoms in total. The zero-order valence-electron chi connectivity index (χ0n) is 15.4. The fourth-order valence-electron chi connectivity index (χ4n) is 2.87. The third-order valence-corrected chi connectivity index (χ3v) is 4.37. The topological polar surface area (TPSA) is 61.4 Å². The molecule has 1 fully saturated rings. The van der Waals surface area contributed by atoms with Gasteiger partial charge in [-0.15, -0.1) is 0 Å². The van der Waals surface area contributed by atoms with Gasteiger partial charge in [-0.3, -0.25) is 4.79 Å². The van der Waals surface area contributed by atoms with Crippen molar-refractivity contribution in [2.24, 2.45) is 0 Å². The van der Waals surface area contributed by atoms with Crippen molar-refractivity contribution in [1.29, 1.82) is 0 Å². The van der Waals surface area contributed by atoms with Crippen LogP contribution in [0.1, 0.15) is 31.3 Å². The number of amides is 1. The Hall–Kier alpha value is -2.34. The van der Waals surface area contributed by atoms with Crippen molar-refractivity contribution < 1.29 is 4.79 Å². The molecule has 3 rings (SSSR count). The lowest BCUT2D eigenvalue weighted by atomic mass is 10.1. The molecule has 1 saturated heterocycles. The molecule has 1 aliphatic heterocycles. The molecule has 1 aromatic heterocycles. The minimum Gasteiger partial charge on any atom is -0.368 e. The second kappa shape index (κ2) is 7.50. The average Bonchev–Trinajstić information content (AvgIpc) is 2.61. The number of anilines is 2. The molecule has 1 N–H and O–H groups in total. The van der Waals surface area contributed by atoms with Crippen LogP contribution in [-0.4, -0.2) is 47.6 Å². The summed E-state index contributed by atoms with van der Waals surface area (Å²) in [5, 5.41) is 3.64. The summed E-state index contributed by atoms with van der Waals surface area (Å²) >= 11 is 6.08. The number of hydrogen-bond donors (Lipinski definition) is 1. The molecule has 0 bridgehead atoms. The molecule has 26 heavy (non-hydrogen) atoms. The minimum absolute atomic E-state index is 0.206. The maximum absolute atomic E-state index is 12.1. The summed E-state index contributed by atoms with van der Waals surface area (Å²) < 4.78 is 0. The van der Waals surface area contributed by atoms with Crippen LogP contribution < -0.4 is 15.1 Å². The number of aromatic nitrogens is 2. The molecule has 2 heterocycles. The number of benzene rings is 1. The first-order valence-corrected chi connectivity index (χ1v) is 9.10. The van der Waals surface area contributed by atoms with Gasteiger partial charge in [0.05, 0.1) is 12.4 Å². The normalized spacial score (nSPS) is 15.1. The monoisotopic (exact) mass is 373 g/mol. The molecule has 2 aromatic rings. The summed E-state index contributed by atoms with van der Waals surface area (Å²) in [4.78, 5) is 25.3. The van der Waals surface area contributed by atoms with Gasteiger partial charge in [0.1, 0.15) is 11.5 Å². The first kappa shape index (κ1) is 18.5. The van der Waals surface area contributed by atoms with Crippen molar-refractivity contribution in [3.8, 4) is 0 Å². The number of nitrogens with zero attached hydrogens (tertiary/aromatic N) is 4. The number of carbonyl (C=O) groups excluding carboxylic acids is 1. The lowest BCUT2D eigenvalue weighted by Crippen LogP contribution is -2.47. The van der Waals surface area contributed by atoms with Crippen LogP contribution in [0.3, 0.4) is 0 Å². The number of nitrogens with one attached hydrogen (secondary N) is 1. The van der Waals surface area contributed by atoms with Crippen LogP contribution in [0.5, 0.6) is 0 Å². The van der Waals surface area contributed by atoms with E-state index in [-0.39, 0.29) is 11.4 Å². The SMILES string of the molecule is CC(C)(C)NC(=O)c1cnc(N2CCN(c3cccc(Cl)c3)CC2)cn1. The van der Waals surface area contributed by atoms with Gasteiger partial charge in [-0.1, -0.05) is 17.7 Å². The van der Waals surface area contributed by atoms with Crippen LogP contribution in [0.4, 0.5) is 11.5 Å². The summed E-state index contributed by atoms with van der Waals surface area (Å²) in [6, 6.07) is 7.91. The summed E-state index contributed by atoms with van der Waals surface area (Å²) in [6.07, 6.45) is 3.21. The highest BCUT2D eigenvalue weighted by Crippen LogP contribution is 2.22. The van der Waals surface area contributed by atoms with Crippen LogP contribution >= 0.6 is 11.6 Å². The maximum atomic E-state index is 12.1. The van der Waals surface area contributed by atoms with E-state index in [1.54, 1.807) is 12.4 Å². The Morgan fingerprint density at radius 2 is 1.77 bits per heavy atom. The Morgan fingerprint density at radius 3 is 2.35 bits per heavy atom. The van der Waals surface area contributed by atoms with Crippen LogP contribution in [-0.2, 0) is 0 Å². The average molecular weight is 374 g/mol. The van der Waals surface area contributed by atoms with E-state index in [1.165, 1.54) is 0 Å². The van der Waals surface area contributed by atoms with E-state index in [4.69, 9.17) is 11.6 Å². The Labute approximate surface area is 159 Å². The second-order valence-electron chi connectivity index (χ2n) is 7.42. The van der Waals surface area contributed by atoms with Gasteiger partial charge in [0.2, 0.25) is 0 Å². The number of hydrogen-bond acceptors (Lipinski definition) is 5. The molecule has 0 atom stereocenters. The fourth-order valence-corrected chi connectivity index (χ4v) is 3.06. The van der Waals surface area contributed by atoms with Gasteiger partial charge in [-0.25, -0.2) is 9.97 Å². The molecular weight excluding hydrogens is 350 g/mol. The van der Waals surface area contributed by atoms with E-state index in [9.17, 15) is 4.79 Å². The first-order valence-electron chi connectivity index (χ1n) is 8.72. The molecular formula is C19H24ClN5O. The molecule has 0 aliphatic carbocycles. The fraction of sp³-hybridized carbons (Fsp3) is 0.421. The standard InChI is InChI=1S/C19H24ClN5O/c1-19(2,3)23-18(26)16-12-22-17(13-21-16)25-9-7-24(8-10-25)15-6-4-5-14(20)11-15/h4-6,11-13H,7-10H2,1-3H3,(H,23,26). The smallest absolute Gasteiger partial charge is 0.271 e. The zero-order valence-corrected chi connectivity index (χ0v) is 16.1. The predicted octanol–water partition coefficient (Wildman–Crippen LogP) is 2.98. The summed E-state index contributed by atoms with van der Waals surface area (Å²) in [5.74, 6) is 0.588. The van der Waals surface area contributed by atoms with Gasteiger partial charge in [0.25, 0.3) is 5.91 Å². The highest BCUT2D eigenvalue weighted by Gasteiger charge is 2.20. The summed E-state index contributed by atoms with van der Waals surface area (Å²) in [7, 11) is 0. The van der Waals surface area contributed by atoms with E-state index in [2.05, 4.69) is 31.2 Å². The van der Waals surface area contributed by atoms with Crippen LogP contribution in [0.15, 0.2) is 36.7 Å². The zero-order chi connectivity index (χ0) is 18.7. The molecule has 1 aromatic carbocycles. The van der Waals surface area contributed by atoms with Gasteiger partial charge in [-0.2, -0.15) is 0 Å². The maximum Gasteiger partial charge on any atom is 0.271 e. The minimum atomic E-state index is -0.298. The van der Waals surface area contributed by atoms with Crippen molar-refractivity contribution in [2.45, 2.75) is 26.3 Å². The van der Waals surface area contributed by atoms with Crippen molar-refractivity contribution in [1.82, 2.24) is 15.3 Å². The summed E-state index contributed by atoms with van der Waals surface area (Å²) in [6.45, 7) is 9.26. The Bertz CT molecular complexity index is 764. The molecule has 0 radical (unpaired) electrons. The van der Waals surface area contributed by atoms with E-state index >= 15 is 0 Å². The van der Waals surface area contributed by atoms with Crippen molar-refractivity contribution >= 4 is 29.0 Å². The number of halogens is 1. The number of piperazine rings is 1. The van der Waals surface area contributed by atoms with Gasteiger partial charge in [0.15, 0.2) is 0 Å². The van der Waals surface area contributed by atoms with Gasteiger partial charge in [-0.05, 0) is 39.0 Å². The predicted molar refractivity (Wildman–Crippen MR) is 105 cm³/mol. The number of carbonyl (C=O) groups is 1. The molecule has 1 aliphatic rings. The van der Waals surface area contributed by atoms with Crippen molar-refractivity contribution in [2.75, 3.05) is 36.0 Å². The molecule has 138 valence electrons. The molecule has 0 spiro atoms. The largest absolute Gasteiger partial charge is 0.368 e. The highest BCUT2D eigenvalue weighted by molar-refractivity contribution is 6.30. The Balaban J connectivity index is 1.60. The molecule has 7 heteroatoms. The molecule has 0 unspecified atom stereocenters. The lowest BCUT2D eigenvalue weighted by Gasteiger charge is -2.36. The first-order chi connectivity index (χ1) is 12.3. The lowest BCUT2D eigenvalue weighted by molar-refractivity contribution is 0.0914. The van der Waals surface area contributed by atoms with Gasteiger partial charge < -0.3 is 15.1 Å². The highest BCUT2D eigenvalue weighted by atomic mass is 35.5. The van der Waals surface area contributed by atoms with Gasteiger partial charge in [0, 0.05) is 42.4 Å². The summed E-state index contributed by atoms with van der Waals surface area (Å²) in [5.41, 5.74) is 1.17. The molecule has 1 amide bonds. The van der Waals surface area contributed by atoms with Crippen LogP contribution in [0.2, 0.25) is 5.02 Å².